The van der Waals surface area contributed by atoms with Gasteiger partial charge in [-0.2, -0.15) is 17.6 Å². The van der Waals surface area contributed by atoms with Crippen molar-refractivity contribution in [1.29, 1.82) is 0 Å². The number of nitrogens with two attached hydrogens (primary N) is 1. The number of pyridine rings is 1. The van der Waals surface area contributed by atoms with Crippen LogP contribution in [0.3, 0.4) is 0 Å². The molecule has 13 heteroatoms. The number of aromatic nitrogens is 3. The second-order valence-electron chi connectivity index (χ2n) is 9.75. The van der Waals surface area contributed by atoms with Gasteiger partial charge in [0.2, 0.25) is 11.7 Å². The van der Waals surface area contributed by atoms with E-state index in [-0.39, 0.29) is 66.3 Å². The molecule has 0 unspecified atom stereocenters. The topological polar surface area (TPSA) is 120 Å². The Labute approximate surface area is 234 Å². The predicted octanol–water partition coefficient (Wildman–Crippen LogP) is 4.28. The Balaban J connectivity index is 0.00000200. The van der Waals surface area contributed by atoms with Crippen molar-refractivity contribution in [3.8, 4) is 0 Å². The van der Waals surface area contributed by atoms with E-state index in [1.54, 1.807) is 9.80 Å². The van der Waals surface area contributed by atoms with Crippen molar-refractivity contribution < 1.29 is 27.5 Å². The summed E-state index contributed by atoms with van der Waals surface area (Å²) in [5.41, 5.74) is 4.23. The van der Waals surface area contributed by atoms with E-state index in [0.29, 0.717) is 38.0 Å². The molecule has 4 heterocycles. The number of likely N-dealkylation sites (tertiary alicyclic amines) is 1. The van der Waals surface area contributed by atoms with Crippen LogP contribution in [-0.2, 0) is 16.5 Å². The quantitative estimate of drug-likeness (QED) is 0.420. The first-order valence-corrected chi connectivity index (χ1v) is 11.8. The maximum atomic E-state index is 15.6. The first-order chi connectivity index (χ1) is 17.1. The molecule has 4 N–H and O–H groups in total. The number of primary amides is 1. The van der Waals surface area contributed by atoms with E-state index < -0.39 is 35.2 Å². The van der Waals surface area contributed by atoms with Gasteiger partial charge in [-0.3, -0.25) is 14.7 Å². The highest BCUT2D eigenvalue weighted by Crippen LogP contribution is 2.63. The average Bonchev–Trinajstić information content (AvgIpc) is 3.44. The summed E-state index contributed by atoms with van der Waals surface area (Å²) in [6.45, 7) is 1.74. The van der Waals surface area contributed by atoms with E-state index >= 15 is 4.39 Å². The number of carbonyl (C=O) groups excluding carboxylic acids is 1. The summed E-state index contributed by atoms with van der Waals surface area (Å²) in [5, 5.41) is 13.4. The van der Waals surface area contributed by atoms with E-state index in [1.807, 2.05) is 0 Å². The Kier molecular flexibility index (Phi) is 11.4. The second kappa shape index (κ2) is 13.1. The van der Waals surface area contributed by atoms with Gasteiger partial charge in [0.25, 0.3) is 0 Å². The normalized spacial score (nSPS) is 25.3. The smallest absolute Gasteiger partial charge is 0.391 e. The third kappa shape index (κ3) is 6.46. The molecular formula is C27H43F4N7O2. The SMILES string of the molecule is C.C.C.C.NC(=O)CN1CC[C@@H](CNc2ncnc(N3CC[C@H]4C[C@]43c3ccc(C(F)(F)F)nc3)c2F)[C@H](O)C1. The second-order valence-corrected chi connectivity index (χ2v) is 9.75. The molecule has 2 aromatic rings. The number of aliphatic hydroxyl groups is 1. The van der Waals surface area contributed by atoms with Crippen LogP contribution in [0.5, 0.6) is 0 Å². The number of amides is 1. The number of aliphatic hydroxyl groups excluding tert-OH is 1. The summed E-state index contributed by atoms with van der Waals surface area (Å²) >= 11 is 0. The van der Waals surface area contributed by atoms with Crippen molar-refractivity contribution in [2.75, 3.05) is 42.9 Å². The Bertz CT molecular complexity index is 1130. The van der Waals surface area contributed by atoms with E-state index in [1.165, 1.54) is 18.6 Å². The minimum atomic E-state index is -4.53. The zero-order valence-electron chi connectivity index (χ0n) is 19.4. The fraction of sp³-hybridized carbons (Fsp3) is 0.630. The van der Waals surface area contributed by atoms with E-state index in [4.69, 9.17) is 5.73 Å². The van der Waals surface area contributed by atoms with Gasteiger partial charge in [-0.1, -0.05) is 35.8 Å². The van der Waals surface area contributed by atoms with Crippen LogP contribution in [0, 0.1) is 17.7 Å². The predicted molar refractivity (Wildman–Crippen MR) is 148 cm³/mol. The van der Waals surface area contributed by atoms with Gasteiger partial charge in [0.05, 0.1) is 18.2 Å². The summed E-state index contributed by atoms with van der Waals surface area (Å²) in [7, 11) is 0. The van der Waals surface area contributed by atoms with Crippen LogP contribution in [0.25, 0.3) is 0 Å². The molecular weight excluding hydrogens is 530 g/mol. The van der Waals surface area contributed by atoms with Crippen molar-refractivity contribution >= 4 is 17.5 Å². The van der Waals surface area contributed by atoms with Crippen molar-refractivity contribution in [2.24, 2.45) is 17.6 Å². The van der Waals surface area contributed by atoms with Crippen LogP contribution in [0.4, 0.5) is 29.2 Å². The maximum absolute atomic E-state index is 15.6. The summed E-state index contributed by atoms with van der Waals surface area (Å²) in [6, 6.07) is 2.37. The molecule has 4 atom stereocenters. The molecule has 1 aliphatic carbocycles. The fourth-order valence-electron chi connectivity index (χ4n) is 5.64. The molecule has 3 fully saturated rings. The molecule has 0 aromatic carbocycles. The molecule has 0 spiro atoms. The molecule has 0 bridgehead atoms. The number of piperidine rings is 2. The monoisotopic (exact) mass is 573 g/mol. The Morgan fingerprint density at radius 2 is 1.85 bits per heavy atom. The number of carbonyl (C=O) groups is 1. The van der Waals surface area contributed by atoms with Crippen LogP contribution in [-0.4, -0.2) is 69.7 Å². The molecule has 9 nitrogen and oxygen atoms in total. The number of alkyl halides is 3. The number of hydrogen-bond donors (Lipinski definition) is 3. The first-order valence-electron chi connectivity index (χ1n) is 11.8. The highest BCUT2D eigenvalue weighted by atomic mass is 19.4. The van der Waals surface area contributed by atoms with Crippen LogP contribution in [0.15, 0.2) is 24.7 Å². The summed E-state index contributed by atoms with van der Waals surface area (Å²) in [6.07, 6.45) is -0.715. The van der Waals surface area contributed by atoms with Gasteiger partial charge in [0.1, 0.15) is 12.0 Å². The van der Waals surface area contributed by atoms with Crippen LogP contribution < -0.4 is 16.0 Å². The zero-order valence-corrected chi connectivity index (χ0v) is 19.4. The number of fused-ring (bicyclic) bond motifs is 1. The number of halogens is 4. The highest BCUT2D eigenvalue weighted by molar-refractivity contribution is 5.75. The average molecular weight is 574 g/mol. The molecule has 3 aliphatic rings. The standard InChI is InChI=1S/C23H27F4N7O2.4CH4/c24-19-20(30-8-13-3-5-33(10-16(13)35)11-18(28)36)31-12-32-21(19)34-6-4-14-7-22(14,34)15-1-2-17(29-9-15)23(25,26)27;;;;/h1-2,9,12-14,16,35H,3-8,10-11H2,(H2,28,36)(H,30,31,32);4*1H4/t13-,14-,16+,22+;;;;/m0..../s1. The lowest BCUT2D eigenvalue weighted by atomic mass is 9.93. The number of β-amino-alcohol motifs (C(OH)–C–C–N with tert-alkyl or cyclic N) is 1. The Morgan fingerprint density at radius 1 is 1.12 bits per heavy atom. The number of nitrogens with zero attached hydrogens (tertiary/aromatic N) is 5. The Morgan fingerprint density at radius 3 is 2.42 bits per heavy atom. The summed E-state index contributed by atoms with van der Waals surface area (Å²) in [5.74, 6) is -1.01. The molecule has 226 valence electrons. The van der Waals surface area contributed by atoms with Crippen molar-refractivity contribution in [3.63, 3.8) is 0 Å². The fourth-order valence-corrected chi connectivity index (χ4v) is 5.64. The molecule has 1 amide bonds. The van der Waals surface area contributed by atoms with Crippen molar-refractivity contribution in [3.05, 3.63) is 41.7 Å². The Hall–Kier alpha value is -3.06. The molecule has 2 saturated heterocycles. The van der Waals surface area contributed by atoms with E-state index in [2.05, 4.69) is 20.3 Å². The minimum absolute atomic E-state index is 0. The minimum Gasteiger partial charge on any atom is -0.391 e. The molecule has 1 saturated carbocycles. The van der Waals surface area contributed by atoms with Gasteiger partial charge in [-0.05, 0) is 43.4 Å². The summed E-state index contributed by atoms with van der Waals surface area (Å²) in [4.78, 5) is 26.5. The largest absolute Gasteiger partial charge is 0.433 e. The van der Waals surface area contributed by atoms with Crippen LogP contribution in [0.1, 0.15) is 60.2 Å². The molecule has 40 heavy (non-hydrogen) atoms. The lowest BCUT2D eigenvalue weighted by molar-refractivity contribution is -0.141. The lowest BCUT2D eigenvalue weighted by Crippen LogP contribution is -2.48. The molecule has 0 radical (unpaired) electrons. The number of anilines is 2. The number of rotatable bonds is 7. The molecule has 5 rings (SSSR count). The van der Waals surface area contributed by atoms with Gasteiger partial charge >= 0.3 is 6.18 Å². The molecule has 2 aliphatic heterocycles. The van der Waals surface area contributed by atoms with E-state index in [0.717, 1.165) is 12.5 Å². The number of hydrogen-bond acceptors (Lipinski definition) is 8. The van der Waals surface area contributed by atoms with E-state index in [9.17, 15) is 23.1 Å². The van der Waals surface area contributed by atoms with Gasteiger partial charge < -0.3 is 21.1 Å². The van der Waals surface area contributed by atoms with Gasteiger partial charge in [-0.15, -0.1) is 0 Å². The third-order valence-corrected chi connectivity index (χ3v) is 7.55. The highest BCUT2D eigenvalue weighted by Gasteiger charge is 2.64. The van der Waals surface area contributed by atoms with Crippen LogP contribution in [0.2, 0.25) is 0 Å². The molecule has 2 aromatic heterocycles. The lowest BCUT2D eigenvalue weighted by Gasteiger charge is -2.35. The summed E-state index contributed by atoms with van der Waals surface area (Å²) < 4.78 is 54.4. The van der Waals surface area contributed by atoms with Gasteiger partial charge in [0.15, 0.2) is 11.6 Å². The van der Waals surface area contributed by atoms with Crippen LogP contribution >= 0.6 is 0 Å². The van der Waals surface area contributed by atoms with Crippen molar-refractivity contribution in [2.45, 2.75) is 66.8 Å². The number of nitrogens with one attached hydrogen (secondary N) is 1. The van der Waals surface area contributed by atoms with Gasteiger partial charge in [-0.25, -0.2) is 9.97 Å². The first kappa shape index (κ1) is 35.0. The zero-order chi connectivity index (χ0) is 25.7. The third-order valence-electron chi connectivity index (χ3n) is 7.55. The van der Waals surface area contributed by atoms with Crippen molar-refractivity contribution in [1.82, 2.24) is 19.9 Å². The maximum Gasteiger partial charge on any atom is 0.433 e. The van der Waals surface area contributed by atoms with Gasteiger partial charge in [0, 0.05) is 31.7 Å².